The molecule has 1 aromatic heterocycles. The molecule has 0 bridgehead atoms. The van der Waals surface area contributed by atoms with Crippen molar-refractivity contribution in [1.29, 1.82) is 0 Å². The van der Waals surface area contributed by atoms with Crippen LogP contribution in [0.25, 0.3) is 0 Å². The van der Waals surface area contributed by atoms with E-state index in [1.165, 1.54) is 0 Å². The van der Waals surface area contributed by atoms with Crippen LogP contribution in [0.4, 0.5) is 5.69 Å². The Morgan fingerprint density at radius 1 is 1.18 bits per heavy atom. The van der Waals surface area contributed by atoms with Gasteiger partial charge in [0.1, 0.15) is 5.75 Å². The zero-order chi connectivity index (χ0) is 15.6. The van der Waals surface area contributed by atoms with Crippen LogP contribution in [-0.4, -0.2) is 24.0 Å². The van der Waals surface area contributed by atoms with Crippen molar-refractivity contribution in [1.82, 2.24) is 10.3 Å². The zero-order valence-corrected chi connectivity index (χ0v) is 12.7. The smallest absolute Gasteiger partial charge is 0.222 e. The first-order chi connectivity index (χ1) is 10.8. The maximum Gasteiger partial charge on any atom is 0.222 e. The molecule has 1 aromatic carbocycles. The molecule has 2 N–H and O–H groups in total. The van der Waals surface area contributed by atoms with Gasteiger partial charge in [0.25, 0.3) is 0 Å². The first kappa shape index (κ1) is 15.8. The van der Waals surface area contributed by atoms with Crippen molar-refractivity contribution in [2.75, 3.05) is 18.5 Å². The average molecular weight is 299 g/mol. The van der Waals surface area contributed by atoms with Crippen molar-refractivity contribution in [2.24, 2.45) is 0 Å². The predicted octanol–water partition coefficient (Wildman–Crippen LogP) is 2.60. The first-order valence-corrected chi connectivity index (χ1v) is 7.42. The summed E-state index contributed by atoms with van der Waals surface area (Å²) in [6.07, 6.45) is 2.11. The SMILES string of the molecule is CCOc1ccccc1NCCC(=O)NCc1ccccn1. The molecule has 0 saturated carbocycles. The number of carbonyl (C=O) groups excluding carboxylic acids is 1. The van der Waals surface area contributed by atoms with Crippen LogP contribution in [0.3, 0.4) is 0 Å². The topological polar surface area (TPSA) is 63.2 Å². The van der Waals surface area contributed by atoms with Crippen molar-refractivity contribution in [3.8, 4) is 5.75 Å². The van der Waals surface area contributed by atoms with Gasteiger partial charge in [-0.25, -0.2) is 0 Å². The van der Waals surface area contributed by atoms with E-state index in [0.29, 0.717) is 26.1 Å². The van der Waals surface area contributed by atoms with Gasteiger partial charge in [0.05, 0.1) is 24.5 Å². The van der Waals surface area contributed by atoms with E-state index in [2.05, 4.69) is 15.6 Å². The lowest BCUT2D eigenvalue weighted by atomic mass is 10.2. The maximum absolute atomic E-state index is 11.8. The van der Waals surface area contributed by atoms with Crippen LogP contribution in [0.15, 0.2) is 48.7 Å². The fraction of sp³-hybridized carbons (Fsp3) is 0.294. The molecular weight excluding hydrogens is 278 g/mol. The van der Waals surface area contributed by atoms with E-state index in [1.807, 2.05) is 49.4 Å². The van der Waals surface area contributed by atoms with Crippen LogP contribution in [0, 0.1) is 0 Å². The third kappa shape index (κ3) is 5.09. The number of pyridine rings is 1. The Labute approximate surface area is 130 Å². The minimum absolute atomic E-state index is 0.00737. The van der Waals surface area contributed by atoms with Crippen molar-refractivity contribution in [3.05, 3.63) is 54.4 Å². The Balaban J connectivity index is 1.73. The maximum atomic E-state index is 11.8. The van der Waals surface area contributed by atoms with Crippen LogP contribution in [0.1, 0.15) is 19.0 Å². The highest BCUT2D eigenvalue weighted by Gasteiger charge is 2.04. The molecule has 2 rings (SSSR count). The fourth-order valence-electron chi connectivity index (χ4n) is 1.98. The number of benzene rings is 1. The molecule has 0 atom stereocenters. The molecule has 116 valence electrons. The van der Waals surface area contributed by atoms with Crippen molar-refractivity contribution >= 4 is 11.6 Å². The van der Waals surface area contributed by atoms with Gasteiger partial charge in [0.15, 0.2) is 0 Å². The highest BCUT2D eigenvalue weighted by Crippen LogP contribution is 2.23. The summed E-state index contributed by atoms with van der Waals surface area (Å²) in [6, 6.07) is 13.4. The number of anilines is 1. The molecule has 0 spiro atoms. The highest BCUT2D eigenvalue weighted by molar-refractivity contribution is 5.76. The van der Waals surface area contributed by atoms with E-state index in [0.717, 1.165) is 17.1 Å². The molecule has 0 unspecified atom stereocenters. The van der Waals surface area contributed by atoms with Gasteiger partial charge >= 0.3 is 0 Å². The number of ether oxygens (including phenoxy) is 1. The number of para-hydroxylation sites is 2. The average Bonchev–Trinajstić information content (AvgIpc) is 2.56. The molecule has 1 amide bonds. The van der Waals surface area contributed by atoms with Crippen molar-refractivity contribution < 1.29 is 9.53 Å². The monoisotopic (exact) mass is 299 g/mol. The van der Waals surface area contributed by atoms with Gasteiger partial charge in [0.2, 0.25) is 5.91 Å². The van der Waals surface area contributed by atoms with Gasteiger partial charge in [-0.15, -0.1) is 0 Å². The number of rotatable bonds is 8. The highest BCUT2D eigenvalue weighted by atomic mass is 16.5. The lowest BCUT2D eigenvalue weighted by molar-refractivity contribution is -0.121. The third-order valence-electron chi connectivity index (χ3n) is 3.05. The Kier molecular flexibility index (Phi) is 6.23. The number of amides is 1. The standard InChI is InChI=1S/C17H21N3O2/c1-2-22-16-9-4-3-8-15(16)19-12-10-17(21)20-13-14-7-5-6-11-18-14/h3-9,11,19H,2,10,12-13H2,1H3,(H,20,21). The van der Waals surface area contributed by atoms with E-state index < -0.39 is 0 Å². The molecule has 0 saturated heterocycles. The molecule has 5 nitrogen and oxygen atoms in total. The van der Waals surface area contributed by atoms with E-state index in [9.17, 15) is 4.79 Å². The summed E-state index contributed by atoms with van der Waals surface area (Å²) in [7, 11) is 0. The molecular formula is C17H21N3O2. The summed E-state index contributed by atoms with van der Waals surface area (Å²) >= 11 is 0. The summed E-state index contributed by atoms with van der Waals surface area (Å²) in [5, 5.41) is 6.08. The largest absolute Gasteiger partial charge is 0.492 e. The van der Waals surface area contributed by atoms with Crippen molar-refractivity contribution in [2.45, 2.75) is 19.9 Å². The molecule has 1 heterocycles. The minimum atomic E-state index is -0.00737. The predicted molar refractivity (Wildman–Crippen MR) is 86.8 cm³/mol. The number of hydrogen-bond acceptors (Lipinski definition) is 4. The Morgan fingerprint density at radius 2 is 2.00 bits per heavy atom. The Morgan fingerprint density at radius 3 is 2.77 bits per heavy atom. The van der Waals surface area contributed by atoms with Crippen LogP contribution in [0.5, 0.6) is 5.75 Å². The second-order valence-corrected chi connectivity index (χ2v) is 4.70. The molecule has 0 aliphatic rings. The summed E-state index contributed by atoms with van der Waals surface area (Å²) in [6.45, 7) is 3.57. The van der Waals surface area contributed by atoms with Crippen LogP contribution < -0.4 is 15.4 Å². The van der Waals surface area contributed by atoms with E-state index in [-0.39, 0.29) is 5.91 Å². The Bertz CT molecular complexity index is 587. The van der Waals surface area contributed by atoms with Gasteiger partial charge in [-0.3, -0.25) is 9.78 Å². The molecule has 5 heteroatoms. The third-order valence-corrected chi connectivity index (χ3v) is 3.05. The first-order valence-electron chi connectivity index (χ1n) is 7.42. The lowest BCUT2D eigenvalue weighted by Gasteiger charge is -2.12. The summed E-state index contributed by atoms with van der Waals surface area (Å²) in [4.78, 5) is 16.0. The van der Waals surface area contributed by atoms with E-state index in [4.69, 9.17) is 4.74 Å². The normalized spacial score (nSPS) is 10.0. The second-order valence-electron chi connectivity index (χ2n) is 4.70. The van der Waals surface area contributed by atoms with Crippen LogP contribution in [-0.2, 0) is 11.3 Å². The number of carbonyl (C=O) groups is 1. The summed E-state index contributed by atoms with van der Waals surface area (Å²) in [5.41, 5.74) is 1.76. The minimum Gasteiger partial charge on any atom is -0.492 e. The van der Waals surface area contributed by atoms with E-state index in [1.54, 1.807) is 6.20 Å². The van der Waals surface area contributed by atoms with Gasteiger partial charge in [0, 0.05) is 19.2 Å². The summed E-state index contributed by atoms with van der Waals surface area (Å²) < 4.78 is 5.53. The van der Waals surface area contributed by atoms with Crippen LogP contribution in [0.2, 0.25) is 0 Å². The Hall–Kier alpha value is -2.56. The molecule has 0 aliphatic heterocycles. The number of hydrogen-bond donors (Lipinski definition) is 2. The molecule has 0 fully saturated rings. The van der Waals surface area contributed by atoms with Gasteiger partial charge in [-0.2, -0.15) is 0 Å². The number of aromatic nitrogens is 1. The second kappa shape index (κ2) is 8.67. The quantitative estimate of drug-likeness (QED) is 0.786. The number of nitrogens with zero attached hydrogens (tertiary/aromatic N) is 1. The van der Waals surface area contributed by atoms with Gasteiger partial charge < -0.3 is 15.4 Å². The number of nitrogens with one attached hydrogen (secondary N) is 2. The van der Waals surface area contributed by atoms with E-state index >= 15 is 0 Å². The van der Waals surface area contributed by atoms with Crippen LogP contribution >= 0.6 is 0 Å². The molecule has 0 radical (unpaired) electrons. The lowest BCUT2D eigenvalue weighted by Crippen LogP contribution is -2.25. The summed E-state index contributed by atoms with van der Waals surface area (Å²) in [5.74, 6) is 0.797. The fourth-order valence-corrected chi connectivity index (χ4v) is 1.98. The molecule has 0 aliphatic carbocycles. The van der Waals surface area contributed by atoms with Gasteiger partial charge in [-0.1, -0.05) is 18.2 Å². The van der Waals surface area contributed by atoms with Gasteiger partial charge in [-0.05, 0) is 31.2 Å². The van der Waals surface area contributed by atoms with Crippen molar-refractivity contribution in [3.63, 3.8) is 0 Å². The molecule has 2 aromatic rings. The zero-order valence-electron chi connectivity index (χ0n) is 12.7. The molecule has 22 heavy (non-hydrogen) atoms.